The highest BCUT2D eigenvalue weighted by Crippen LogP contribution is 2.30. The SMILES string of the molecule is Nc1c(-c2ccccn2)nsc1C(=O)N1CCN(c2ccc(Cl)cc2)CC1. The van der Waals surface area contributed by atoms with Gasteiger partial charge in [0.1, 0.15) is 10.6 Å². The fraction of sp³-hybridized carbons (Fsp3) is 0.211. The summed E-state index contributed by atoms with van der Waals surface area (Å²) in [5, 5.41) is 0.719. The molecule has 1 aliphatic heterocycles. The number of nitrogen functional groups attached to an aromatic ring is 1. The molecular formula is C19H18ClN5OS. The molecule has 0 atom stereocenters. The van der Waals surface area contributed by atoms with Gasteiger partial charge in [0.05, 0.1) is 11.4 Å². The van der Waals surface area contributed by atoms with Crippen LogP contribution in [0, 0.1) is 0 Å². The van der Waals surface area contributed by atoms with Gasteiger partial charge in [0.2, 0.25) is 0 Å². The molecule has 0 radical (unpaired) electrons. The summed E-state index contributed by atoms with van der Waals surface area (Å²) in [6.45, 7) is 2.80. The Morgan fingerprint density at radius 1 is 1.07 bits per heavy atom. The van der Waals surface area contributed by atoms with E-state index in [9.17, 15) is 4.79 Å². The van der Waals surface area contributed by atoms with Gasteiger partial charge in [-0.2, -0.15) is 4.37 Å². The second-order valence-electron chi connectivity index (χ2n) is 6.24. The number of hydrogen-bond acceptors (Lipinski definition) is 6. The standard InChI is InChI=1S/C19H18ClN5OS/c20-13-4-6-14(7-5-13)24-9-11-25(12-10-24)19(26)18-16(21)17(23-27-18)15-3-1-2-8-22-15/h1-8H,9-12,21H2. The van der Waals surface area contributed by atoms with Crippen molar-refractivity contribution in [3.63, 3.8) is 0 Å². The summed E-state index contributed by atoms with van der Waals surface area (Å²) in [6.07, 6.45) is 1.69. The Kier molecular flexibility index (Phi) is 4.96. The highest BCUT2D eigenvalue weighted by Gasteiger charge is 2.27. The monoisotopic (exact) mass is 399 g/mol. The number of nitrogens with zero attached hydrogens (tertiary/aromatic N) is 4. The Bertz CT molecular complexity index is 936. The van der Waals surface area contributed by atoms with Crippen LogP contribution in [-0.2, 0) is 0 Å². The third-order valence-corrected chi connectivity index (χ3v) is 5.69. The molecule has 2 aromatic heterocycles. The van der Waals surface area contributed by atoms with Gasteiger partial charge in [-0.05, 0) is 47.9 Å². The van der Waals surface area contributed by atoms with E-state index in [1.54, 1.807) is 6.20 Å². The molecule has 4 rings (SSSR count). The Morgan fingerprint density at radius 2 is 1.81 bits per heavy atom. The maximum Gasteiger partial charge on any atom is 0.267 e. The summed E-state index contributed by atoms with van der Waals surface area (Å²) in [6, 6.07) is 13.3. The molecule has 3 heterocycles. The van der Waals surface area contributed by atoms with Crippen molar-refractivity contribution in [1.29, 1.82) is 0 Å². The molecule has 1 fully saturated rings. The largest absolute Gasteiger partial charge is 0.396 e. The van der Waals surface area contributed by atoms with Gasteiger partial charge in [-0.1, -0.05) is 17.7 Å². The highest BCUT2D eigenvalue weighted by atomic mass is 35.5. The van der Waals surface area contributed by atoms with Crippen molar-refractivity contribution >= 4 is 40.4 Å². The summed E-state index contributed by atoms with van der Waals surface area (Å²) in [5.74, 6) is -0.0667. The van der Waals surface area contributed by atoms with Gasteiger partial charge in [0.25, 0.3) is 5.91 Å². The predicted octanol–water partition coefficient (Wildman–Crippen LogP) is 3.40. The van der Waals surface area contributed by atoms with E-state index in [0.29, 0.717) is 35.0 Å². The maximum absolute atomic E-state index is 12.9. The smallest absolute Gasteiger partial charge is 0.267 e. The van der Waals surface area contributed by atoms with Crippen molar-refractivity contribution in [3.8, 4) is 11.4 Å². The van der Waals surface area contributed by atoms with Gasteiger partial charge in [0, 0.05) is 43.1 Å². The van der Waals surface area contributed by atoms with Crippen molar-refractivity contribution in [2.24, 2.45) is 0 Å². The van der Waals surface area contributed by atoms with Crippen molar-refractivity contribution in [3.05, 3.63) is 58.6 Å². The molecule has 0 unspecified atom stereocenters. The van der Waals surface area contributed by atoms with Crippen LogP contribution < -0.4 is 10.6 Å². The Labute approximate surface area is 166 Å². The van der Waals surface area contributed by atoms with Crippen LogP contribution in [0.15, 0.2) is 48.7 Å². The molecule has 0 saturated carbocycles. The zero-order valence-corrected chi connectivity index (χ0v) is 16.1. The first kappa shape index (κ1) is 17.8. The molecule has 0 spiro atoms. The molecule has 1 aliphatic rings. The van der Waals surface area contributed by atoms with Gasteiger partial charge >= 0.3 is 0 Å². The van der Waals surface area contributed by atoms with Gasteiger partial charge in [0.15, 0.2) is 0 Å². The number of rotatable bonds is 3. The Hall–Kier alpha value is -2.64. The number of pyridine rings is 1. The van der Waals surface area contributed by atoms with Crippen LogP contribution in [0.4, 0.5) is 11.4 Å². The summed E-state index contributed by atoms with van der Waals surface area (Å²) in [7, 11) is 0. The number of hydrogen-bond donors (Lipinski definition) is 1. The summed E-state index contributed by atoms with van der Waals surface area (Å²) >= 11 is 7.09. The first-order valence-corrected chi connectivity index (χ1v) is 9.75. The molecule has 27 heavy (non-hydrogen) atoms. The number of carbonyl (C=O) groups is 1. The van der Waals surface area contributed by atoms with Crippen LogP contribution in [0.25, 0.3) is 11.4 Å². The number of aromatic nitrogens is 2. The van der Waals surface area contributed by atoms with Crippen LogP contribution in [0.1, 0.15) is 9.67 Å². The molecular weight excluding hydrogens is 382 g/mol. The number of anilines is 2. The van der Waals surface area contributed by atoms with E-state index >= 15 is 0 Å². The molecule has 6 nitrogen and oxygen atoms in total. The number of piperazine rings is 1. The second-order valence-corrected chi connectivity index (χ2v) is 7.45. The van der Waals surface area contributed by atoms with Gasteiger partial charge in [-0.3, -0.25) is 9.78 Å². The maximum atomic E-state index is 12.9. The van der Waals surface area contributed by atoms with Crippen LogP contribution in [0.2, 0.25) is 5.02 Å². The number of carbonyl (C=O) groups excluding carboxylic acids is 1. The van der Waals surface area contributed by atoms with E-state index < -0.39 is 0 Å². The van der Waals surface area contributed by atoms with Gasteiger partial charge in [-0.25, -0.2) is 0 Å². The number of benzene rings is 1. The van der Waals surface area contributed by atoms with E-state index in [-0.39, 0.29) is 5.91 Å². The lowest BCUT2D eigenvalue weighted by molar-refractivity contribution is 0.0752. The summed E-state index contributed by atoms with van der Waals surface area (Å²) in [5.41, 5.74) is 8.98. The minimum absolute atomic E-state index is 0.0667. The number of halogens is 1. The molecule has 0 aliphatic carbocycles. The molecule has 8 heteroatoms. The predicted molar refractivity (Wildman–Crippen MR) is 109 cm³/mol. The second kappa shape index (κ2) is 7.54. The molecule has 2 N–H and O–H groups in total. The molecule has 1 amide bonds. The molecule has 1 saturated heterocycles. The number of amides is 1. The zero-order chi connectivity index (χ0) is 18.8. The fourth-order valence-electron chi connectivity index (χ4n) is 3.10. The molecule has 138 valence electrons. The van der Waals surface area contributed by atoms with Crippen molar-refractivity contribution in [2.45, 2.75) is 0 Å². The Balaban J connectivity index is 1.45. The van der Waals surface area contributed by atoms with E-state index in [1.165, 1.54) is 0 Å². The first-order chi connectivity index (χ1) is 13.1. The zero-order valence-electron chi connectivity index (χ0n) is 14.5. The minimum Gasteiger partial charge on any atom is -0.396 e. The van der Waals surface area contributed by atoms with Crippen molar-refractivity contribution in [1.82, 2.24) is 14.3 Å². The Morgan fingerprint density at radius 3 is 2.48 bits per heavy atom. The third-order valence-electron chi connectivity index (χ3n) is 4.59. The third kappa shape index (κ3) is 3.61. The first-order valence-electron chi connectivity index (χ1n) is 8.60. The highest BCUT2D eigenvalue weighted by molar-refractivity contribution is 7.09. The lowest BCUT2D eigenvalue weighted by atomic mass is 10.2. The van der Waals surface area contributed by atoms with Crippen LogP contribution >= 0.6 is 23.1 Å². The van der Waals surface area contributed by atoms with Crippen molar-refractivity contribution < 1.29 is 4.79 Å². The van der Waals surface area contributed by atoms with E-state index in [1.807, 2.05) is 47.4 Å². The number of nitrogens with two attached hydrogens (primary N) is 1. The molecule has 0 bridgehead atoms. The van der Waals surface area contributed by atoms with E-state index in [2.05, 4.69) is 14.3 Å². The van der Waals surface area contributed by atoms with E-state index in [0.717, 1.165) is 35.3 Å². The average Bonchev–Trinajstić information content (AvgIpc) is 3.10. The lowest BCUT2D eigenvalue weighted by Gasteiger charge is -2.36. The average molecular weight is 400 g/mol. The fourth-order valence-corrected chi connectivity index (χ4v) is 4.00. The topological polar surface area (TPSA) is 75.3 Å². The molecule has 1 aromatic carbocycles. The lowest BCUT2D eigenvalue weighted by Crippen LogP contribution is -2.48. The normalized spacial score (nSPS) is 14.4. The summed E-state index contributed by atoms with van der Waals surface area (Å²) in [4.78, 5) is 21.7. The quantitative estimate of drug-likeness (QED) is 0.730. The summed E-state index contributed by atoms with van der Waals surface area (Å²) < 4.78 is 4.36. The van der Waals surface area contributed by atoms with Gasteiger partial charge in [-0.15, -0.1) is 0 Å². The van der Waals surface area contributed by atoms with Crippen LogP contribution in [0.5, 0.6) is 0 Å². The van der Waals surface area contributed by atoms with Crippen LogP contribution in [-0.4, -0.2) is 46.3 Å². The minimum atomic E-state index is -0.0667. The van der Waals surface area contributed by atoms with Gasteiger partial charge < -0.3 is 15.5 Å². The van der Waals surface area contributed by atoms with Crippen molar-refractivity contribution in [2.75, 3.05) is 36.8 Å². The van der Waals surface area contributed by atoms with Crippen LogP contribution in [0.3, 0.4) is 0 Å². The molecule has 3 aromatic rings. The van der Waals surface area contributed by atoms with E-state index in [4.69, 9.17) is 17.3 Å².